The number of benzene rings is 1. The second-order valence-corrected chi connectivity index (χ2v) is 5.22. The lowest BCUT2D eigenvalue weighted by molar-refractivity contribution is 0.256. The Kier molecular flexibility index (Phi) is 3.60. The van der Waals surface area contributed by atoms with Gasteiger partial charge < -0.3 is 5.32 Å². The van der Waals surface area contributed by atoms with Gasteiger partial charge in [0.15, 0.2) is 0 Å². The summed E-state index contributed by atoms with van der Waals surface area (Å²) in [6, 6.07) is 8.59. The maximum absolute atomic E-state index is 4.72. The van der Waals surface area contributed by atoms with Gasteiger partial charge in [-0.25, -0.2) is 0 Å². The molecule has 3 rings (SSSR count). The van der Waals surface area contributed by atoms with E-state index >= 15 is 0 Å². The van der Waals surface area contributed by atoms with Crippen molar-refractivity contribution in [1.82, 2.24) is 10.2 Å². The lowest BCUT2D eigenvalue weighted by Crippen LogP contribution is -2.39. The third kappa shape index (κ3) is 2.72. The van der Waals surface area contributed by atoms with Gasteiger partial charge in [-0.3, -0.25) is 9.89 Å². The molecule has 96 valence electrons. The molecule has 1 aromatic carbocycles. The molecule has 3 nitrogen and oxygen atoms in total. The van der Waals surface area contributed by atoms with Crippen LogP contribution in [0.1, 0.15) is 30.4 Å². The summed E-state index contributed by atoms with van der Waals surface area (Å²) in [4.78, 5) is 7.24. The molecule has 0 amide bonds. The van der Waals surface area contributed by atoms with E-state index in [0.29, 0.717) is 0 Å². The number of aliphatic imine (C=N–C) groups is 1. The molecule has 18 heavy (non-hydrogen) atoms. The highest BCUT2D eigenvalue weighted by Gasteiger charge is 2.14. The minimum absolute atomic E-state index is 0.826. The Morgan fingerprint density at radius 3 is 2.67 bits per heavy atom. The van der Waals surface area contributed by atoms with Crippen LogP contribution in [0.4, 0.5) is 0 Å². The minimum Gasteiger partial charge on any atom is -0.369 e. The van der Waals surface area contributed by atoms with Crippen molar-refractivity contribution in [2.24, 2.45) is 4.99 Å². The summed E-state index contributed by atoms with van der Waals surface area (Å²) >= 11 is 0. The summed E-state index contributed by atoms with van der Waals surface area (Å²) in [5, 5.41) is 3.49. The molecule has 1 fully saturated rings. The third-order valence-corrected chi connectivity index (χ3v) is 3.86. The third-order valence-electron chi connectivity index (χ3n) is 3.86. The molecule has 0 spiro atoms. The average Bonchev–Trinajstić information content (AvgIpc) is 2.63. The zero-order valence-electron chi connectivity index (χ0n) is 10.9. The highest BCUT2D eigenvalue weighted by Crippen LogP contribution is 2.13. The van der Waals surface area contributed by atoms with E-state index in [4.69, 9.17) is 4.99 Å². The van der Waals surface area contributed by atoms with Gasteiger partial charge in [-0.1, -0.05) is 30.7 Å². The van der Waals surface area contributed by atoms with E-state index in [9.17, 15) is 0 Å². The van der Waals surface area contributed by atoms with Crippen LogP contribution >= 0.6 is 0 Å². The molecule has 0 atom stereocenters. The van der Waals surface area contributed by atoms with E-state index in [1.165, 1.54) is 43.5 Å². The maximum atomic E-state index is 4.72. The summed E-state index contributed by atoms with van der Waals surface area (Å²) < 4.78 is 0. The first-order chi connectivity index (χ1) is 8.92. The number of hydrogen-bond donors (Lipinski definition) is 1. The lowest BCUT2D eigenvalue weighted by Gasteiger charge is -2.26. The molecule has 1 saturated heterocycles. The number of nitrogens with zero attached hydrogens (tertiary/aromatic N) is 2. The van der Waals surface area contributed by atoms with Crippen molar-refractivity contribution in [2.75, 3.05) is 19.6 Å². The number of amidine groups is 1. The zero-order valence-corrected chi connectivity index (χ0v) is 10.9. The van der Waals surface area contributed by atoms with E-state index in [1.54, 1.807) is 0 Å². The van der Waals surface area contributed by atoms with Gasteiger partial charge in [-0.15, -0.1) is 0 Å². The molecular weight excluding hydrogens is 222 g/mol. The van der Waals surface area contributed by atoms with E-state index in [0.717, 1.165) is 25.5 Å². The fourth-order valence-corrected chi connectivity index (χ4v) is 2.75. The molecule has 2 heterocycles. The summed E-state index contributed by atoms with van der Waals surface area (Å²) in [6.07, 6.45) is 4.07. The molecule has 0 radical (unpaired) electrons. The highest BCUT2D eigenvalue weighted by atomic mass is 15.2. The number of fused-ring (bicyclic) bond motifs is 1. The smallest absolute Gasteiger partial charge is 0.111 e. The van der Waals surface area contributed by atoms with Crippen LogP contribution in [-0.2, 0) is 13.1 Å². The summed E-state index contributed by atoms with van der Waals surface area (Å²) in [5.74, 6) is 1.16. The van der Waals surface area contributed by atoms with Crippen molar-refractivity contribution < 1.29 is 0 Å². The fraction of sp³-hybridized carbons (Fsp3) is 0.533. The van der Waals surface area contributed by atoms with E-state index < -0.39 is 0 Å². The van der Waals surface area contributed by atoms with Crippen LogP contribution in [0.25, 0.3) is 0 Å². The van der Waals surface area contributed by atoms with Crippen molar-refractivity contribution in [3.63, 3.8) is 0 Å². The van der Waals surface area contributed by atoms with Crippen LogP contribution in [0.2, 0.25) is 0 Å². The average molecular weight is 243 g/mol. The molecule has 2 aliphatic rings. The van der Waals surface area contributed by atoms with Gasteiger partial charge in [-0.2, -0.15) is 0 Å². The first-order valence-corrected chi connectivity index (χ1v) is 6.98. The number of nitrogens with one attached hydrogen (secondary N) is 1. The predicted octanol–water partition coefficient (Wildman–Crippen LogP) is 2.17. The monoisotopic (exact) mass is 243 g/mol. The van der Waals surface area contributed by atoms with Gasteiger partial charge in [0.25, 0.3) is 0 Å². The van der Waals surface area contributed by atoms with Crippen LogP contribution in [0, 0.1) is 0 Å². The van der Waals surface area contributed by atoms with Crippen LogP contribution in [-0.4, -0.2) is 30.4 Å². The summed E-state index contributed by atoms with van der Waals surface area (Å²) in [7, 11) is 0. The Morgan fingerprint density at radius 1 is 1.06 bits per heavy atom. The molecule has 1 aromatic rings. The molecular formula is C15H21N3. The van der Waals surface area contributed by atoms with Gasteiger partial charge in [-0.05, 0) is 37.1 Å². The van der Waals surface area contributed by atoms with E-state index in [2.05, 4.69) is 34.5 Å². The van der Waals surface area contributed by atoms with Crippen molar-refractivity contribution in [1.29, 1.82) is 0 Å². The minimum atomic E-state index is 0.826. The van der Waals surface area contributed by atoms with Crippen molar-refractivity contribution >= 4 is 5.84 Å². The van der Waals surface area contributed by atoms with Gasteiger partial charge in [0, 0.05) is 6.54 Å². The molecule has 0 aromatic heterocycles. The molecule has 0 unspecified atom stereocenters. The SMILES string of the molecule is c1ccc2c(c1)CN=C(CN1CCCCC1)NC2. The highest BCUT2D eigenvalue weighted by molar-refractivity contribution is 5.84. The second-order valence-electron chi connectivity index (χ2n) is 5.22. The molecule has 1 N–H and O–H groups in total. The van der Waals surface area contributed by atoms with Crippen LogP contribution in [0.5, 0.6) is 0 Å². The maximum Gasteiger partial charge on any atom is 0.111 e. The topological polar surface area (TPSA) is 27.6 Å². The number of hydrogen-bond acceptors (Lipinski definition) is 3. The predicted molar refractivity (Wildman–Crippen MR) is 74.7 cm³/mol. The molecule has 0 saturated carbocycles. The Morgan fingerprint density at radius 2 is 1.83 bits per heavy atom. The first-order valence-electron chi connectivity index (χ1n) is 6.98. The van der Waals surface area contributed by atoms with Crippen LogP contribution in [0.15, 0.2) is 29.3 Å². The number of likely N-dealkylation sites (tertiary alicyclic amines) is 1. The van der Waals surface area contributed by atoms with Gasteiger partial charge in [0.1, 0.15) is 5.84 Å². The van der Waals surface area contributed by atoms with Crippen molar-refractivity contribution in [3.05, 3.63) is 35.4 Å². The summed E-state index contributed by atoms with van der Waals surface area (Å²) in [5.41, 5.74) is 2.74. The largest absolute Gasteiger partial charge is 0.369 e. The first kappa shape index (κ1) is 11.7. The van der Waals surface area contributed by atoms with E-state index in [1.807, 2.05) is 0 Å². The number of piperidine rings is 1. The van der Waals surface area contributed by atoms with Crippen molar-refractivity contribution in [2.45, 2.75) is 32.4 Å². The molecule has 3 heteroatoms. The second kappa shape index (κ2) is 5.53. The van der Waals surface area contributed by atoms with Gasteiger partial charge >= 0.3 is 0 Å². The Balaban J connectivity index is 1.64. The fourth-order valence-electron chi connectivity index (χ4n) is 2.75. The lowest BCUT2D eigenvalue weighted by atomic mass is 10.1. The standard InChI is InChI=1S/C15H21N3/c1-4-8-18(9-5-1)12-15-16-10-13-6-2-3-7-14(13)11-17-15/h2-3,6-7H,1,4-5,8-12H2,(H,16,17). The van der Waals surface area contributed by atoms with Gasteiger partial charge in [0.05, 0.1) is 13.1 Å². The Labute approximate surface area is 109 Å². The zero-order chi connectivity index (χ0) is 12.2. The molecule has 0 aliphatic carbocycles. The van der Waals surface area contributed by atoms with Crippen LogP contribution in [0.3, 0.4) is 0 Å². The van der Waals surface area contributed by atoms with E-state index in [-0.39, 0.29) is 0 Å². The quantitative estimate of drug-likeness (QED) is 0.862. The van der Waals surface area contributed by atoms with Crippen LogP contribution < -0.4 is 5.32 Å². The Hall–Kier alpha value is -1.35. The summed E-state index contributed by atoms with van der Waals surface area (Å²) in [6.45, 7) is 5.20. The van der Waals surface area contributed by atoms with Crippen molar-refractivity contribution in [3.8, 4) is 0 Å². The Bertz CT molecular complexity index is 433. The molecule has 0 bridgehead atoms. The molecule has 2 aliphatic heterocycles. The number of rotatable bonds is 2. The normalized spacial score (nSPS) is 20.6. The van der Waals surface area contributed by atoms with Gasteiger partial charge in [0.2, 0.25) is 0 Å².